The van der Waals surface area contributed by atoms with Gasteiger partial charge in [0, 0.05) is 20.4 Å². The summed E-state index contributed by atoms with van der Waals surface area (Å²) in [5.41, 5.74) is 9.51. The van der Waals surface area contributed by atoms with Crippen molar-refractivity contribution in [1.29, 1.82) is 0 Å². The molecule has 0 aliphatic heterocycles. The molecule has 2 aromatic carbocycles. The zero-order valence-electron chi connectivity index (χ0n) is 26.5. The largest absolute Gasteiger partial charge is 1.00 e. The van der Waals surface area contributed by atoms with Gasteiger partial charge in [-0.2, -0.15) is 30.3 Å². The number of hydrogen-bond donors (Lipinski definition) is 0. The molecular weight excluding hydrogens is 633 g/mol. The quantitative estimate of drug-likeness (QED) is 0.119. The third kappa shape index (κ3) is 10.4. The van der Waals surface area contributed by atoms with Crippen molar-refractivity contribution in [3.63, 3.8) is 0 Å². The van der Waals surface area contributed by atoms with Crippen molar-refractivity contribution in [3.05, 3.63) is 65.2 Å². The van der Waals surface area contributed by atoms with Gasteiger partial charge in [-0.15, -0.1) is 17.8 Å². The Balaban J connectivity index is 0.00000111. The van der Waals surface area contributed by atoms with Gasteiger partial charge in [0.15, 0.2) is 0 Å². The predicted molar refractivity (Wildman–Crippen MR) is 174 cm³/mol. The van der Waals surface area contributed by atoms with Crippen molar-refractivity contribution in [3.8, 4) is 11.1 Å². The van der Waals surface area contributed by atoms with Crippen LogP contribution in [-0.2, 0) is 25.2 Å². The summed E-state index contributed by atoms with van der Waals surface area (Å²) in [4.78, 5) is 9.19. The maximum atomic E-state index is 9.19. The number of hydrogen-bond acceptors (Lipinski definition) is 1. The average Bonchev–Trinajstić information content (AvgIpc) is 2.94. The number of carbonyl (C=O) groups excluding carboxylic acids is 1. The SMILES string of the molecule is C/C=C/[C-]=O.CC(C)c1cc(C(C)C)c(-c2ccc[c-]c2P(C2CCCCC2)C2CCCCC2)c(C(C)C)c1.[Cl-].[Pd]. The first kappa shape index (κ1) is 38.3. The van der Waals surface area contributed by atoms with E-state index >= 15 is 0 Å². The predicted octanol–water partition coefficient (Wildman–Crippen LogP) is 7.97. The summed E-state index contributed by atoms with van der Waals surface area (Å²) in [6.07, 6.45) is 19.0. The second-order valence-electron chi connectivity index (χ2n) is 12.6. The van der Waals surface area contributed by atoms with Gasteiger partial charge in [-0.1, -0.05) is 106 Å². The third-order valence-electron chi connectivity index (χ3n) is 8.67. The molecule has 2 fully saturated rings. The van der Waals surface area contributed by atoms with Crippen LogP contribution in [0.15, 0.2) is 42.5 Å². The summed E-state index contributed by atoms with van der Waals surface area (Å²) in [6.45, 7) is 16.0. The fraction of sp³-hybridized carbons (Fsp3) is 0.595. The number of rotatable bonds is 8. The fourth-order valence-corrected chi connectivity index (χ4v) is 10.4. The van der Waals surface area contributed by atoms with Crippen molar-refractivity contribution in [2.45, 2.75) is 142 Å². The number of benzene rings is 2. The molecule has 41 heavy (non-hydrogen) atoms. The minimum Gasteiger partial charge on any atom is -1.00 e. The van der Waals surface area contributed by atoms with Crippen LogP contribution < -0.4 is 17.7 Å². The summed E-state index contributed by atoms with van der Waals surface area (Å²) in [6, 6.07) is 16.0. The van der Waals surface area contributed by atoms with E-state index in [0.717, 1.165) is 11.3 Å². The van der Waals surface area contributed by atoms with Crippen LogP contribution in [0.3, 0.4) is 0 Å². The summed E-state index contributed by atoms with van der Waals surface area (Å²) in [5, 5.41) is 1.62. The van der Waals surface area contributed by atoms with Crippen molar-refractivity contribution >= 4 is 19.5 Å². The molecular formula is C37H53ClOPPd-3. The van der Waals surface area contributed by atoms with Gasteiger partial charge >= 0.3 is 0 Å². The Morgan fingerprint density at radius 2 is 1.32 bits per heavy atom. The molecule has 0 aromatic heterocycles. The van der Waals surface area contributed by atoms with Crippen molar-refractivity contribution in [2.75, 3.05) is 0 Å². The van der Waals surface area contributed by atoms with Gasteiger partial charge in [0.2, 0.25) is 0 Å². The van der Waals surface area contributed by atoms with E-state index in [0.29, 0.717) is 17.8 Å². The standard InChI is InChI=1S/C33H48P.C4H5O.ClH.Pd/c1-23(2)26-21-30(24(3)4)33(31(22-26)25(5)6)29-19-13-14-20-32(29)34(27-15-9-7-10-16-27)28-17-11-8-12-18-28;1-2-3-4-5;;/h13-14,19,21-25,27-28H,7-12,15-18H2,1-6H3;2-3H,1H3;1H;/q2*-1;;/p-1/b;3-2+;;. The van der Waals surface area contributed by atoms with Crippen LogP contribution in [0.4, 0.5) is 0 Å². The van der Waals surface area contributed by atoms with Gasteiger partial charge in [-0.3, -0.25) is 0 Å². The molecule has 0 amide bonds. The van der Waals surface area contributed by atoms with Crippen molar-refractivity contribution in [1.82, 2.24) is 0 Å². The number of allylic oxidation sites excluding steroid dienone is 2. The molecule has 2 saturated carbocycles. The molecule has 232 valence electrons. The van der Waals surface area contributed by atoms with E-state index in [-0.39, 0.29) is 40.8 Å². The second kappa shape index (κ2) is 19.5. The Bertz CT molecular complexity index is 1020. The maximum Gasteiger partial charge on any atom is 0 e. The van der Waals surface area contributed by atoms with E-state index in [4.69, 9.17) is 0 Å². The molecule has 0 unspecified atom stereocenters. The first-order valence-corrected chi connectivity index (χ1v) is 17.2. The molecule has 0 atom stereocenters. The minimum absolute atomic E-state index is 0. The van der Waals surface area contributed by atoms with Crippen LogP contribution in [0.5, 0.6) is 0 Å². The van der Waals surface area contributed by atoms with Gasteiger partial charge in [0.25, 0.3) is 0 Å². The van der Waals surface area contributed by atoms with Crippen molar-refractivity contribution < 1.29 is 37.6 Å². The van der Waals surface area contributed by atoms with Gasteiger partial charge in [0.1, 0.15) is 0 Å². The van der Waals surface area contributed by atoms with Gasteiger partial charge < -0.3 is 17.2 Å². The van der Waals surface area contributed by atoms with Crippen LogP contribution >= 0.6 is 7.92 Å². The topological polar surface area (TPSA) is 17.1 Å². The van der Waals surface area contributed by atoms with E-state index in [9.17, 15) is 4.79 Å². The smallest absolute Gasteiger partial charge is 0 e. The second-order valence-corrected chi connectivity index (χ2v) is 15.3. The van der Waals surface area contributed by atoms with Crippen LogP contribution in [0.2, 0.25) is 0 Å². The third-order valence-corrected chi connectivity index (χ3v) is 12.2. The maximum absolute atomic E-state index is 9.19. The minimum atomic E-state index is -0.175. The summed E-state index contributed by atoms with van der Waals surface area (Å²) >= 11 is 0. The van der Waals surface area contributed by atoms with Gasteiger partial charge in [0.05, 0.1) is 0 Å². The van der Waals surface area contributed by atoms with Crippen LogP contribution in [0.1, 0.15) is 147 Å². The Hall–Kier alpha value is -0.768. The molecule has 0 spiro atoms. The fourth-order valence-electron chi connectivity index (χ4n) is 6.56. The van der Waals surface area contributed by atoms with E-state index in [1.165, 1.54) is 81.4 Å². The zero-order valence-corrected chi connectivity index (χ0v) is 29.8. The molecule has 0 heterocycles. The summed E-state index contributed by atoms with van der Waals surface area (Å²) < 4.78 is 0. The average molecular weight is 687 g/mol. The van der Waals surface area contributed by atoms with Crippen molar-refractivity contribution in [2.24, 2.45) is 0 Å². The zero-order chi connectivity index (χ0) is 28.4. The molecule has 2 aliphatic rings. The molecule has 4 rings (SSSR count). The van der Waals surface area contributed by atoms with E-state index in [1.807, 2.05) is 0 Å². The first-order chi connectivity index (χ1) is 18.8. The van der Waals surface area contributed by atoms with Gasteiger partial charge in [-0.25, -0.2) is 6.08 Å². The molecule has 1 nitrogen and oxygen atoms in total. The first-order valence-electron chi connectivity index (χ1n) is 15.8. The van der Waals surface area contributed by atoms with E-state index in [2.05, 4.69) is 77.9 Å². The molecule has 4 heteroatoms. The summed E-state index contributed by atoms with van der Waals surface area (Å²) in [7, 11) is -0.175. The molecule has 0 bridgehead atoms. The Morgan fingerprint density at radius 3 is 1.68 bits per heavy atom. The molecule has 0 saturated heterocycles. The van der Waals surface area contributed by atoms with Crippen LogP contribution in [0, 0.1) is 6.07 Å². The van der Waals surface area contributed by atoms with Crippen LogP contribution in [-0.4, -0.2) is 17.6 Å². The molecule has 2 aliphatic carbocycles. The van der Waals surface area contributed by atoms with Gasteiger partial charge in [-0.05, 0) is 77.7 Å². The molecule has 0 radical (unpaired) electrons. The van der Waals surface area contributed by atoms with Crippen LogP contribution in [0.25, 0.3) is 11.1 Å². The Kier molecular flexibility index (Phi) is 18.2. The Labute approximate surface area is 274 Å². The molecule has 2 aromatic rings. The summed E-state index contributed by atoms with van der Waals surface area (Å²) in [5.74, 6) is 1.61. The van der Waals surface area contributed by atoms with E-state index < -0.39 is 0 Å². The normalized spacial score (nSPS) is 16.5. The number of halogens is 1. The Morgan fingerprint density at radius 1 is 0.829 bits per heavy atom. The molecule has 0 N–H and O–H groups in total. The van der Waals surface area contributed by atoms with E-state index in [1.54, 1.807) is 41.3 Å². The monoisotopic (exact) mass is 685 g/mol.